The van der Waals surface area contributed by atoms with Crippen LogP contribution in [0, 0.1) is 5.41 Å². The summed E-state index contributed by atoms with van der Waals surface area (Å²) < 4.78 is 63.2. The maximum absolute atomic E-state index is 10.7. The Bertz CT molecular complexity index is 533. The van der Waals surface area contributed by atoms with Crippen LogP contribution in [0.3, 0.4) is 0 Å². The van der Waals surface area contributed by atoms with Gasteiger partial charge in [0.25, 0.3) is 5.82 Å². The molecule has 0 saturated carbocycles. The molecule has 1 aromatic heterocycles. The van der Waals surface area contributed by atoms with Crippen LogP contribution >= 0.6 is 7.81 Å². The molecule has 0 aliphatic carbocycles. The molecule has 1 aliphatic heterocycles. The van der Waals surface area contributed by atoms with E-state index in [2.05, 4.69) is 42.8 Å². The van der Waals surface area contributed by atoms with Crippen LogP contribution in [0.1, 0.15) is 39.9 Å². The van der Waals surface area contributed by atoms with Crippen LogP contribution in [-0.4, -0.2) is 15.1 Å². The second-order valence-corrected chi connectivity index (χ2v) is 8.64. The third-order valence-electron chi connectivity index (χ3n) is 3.00. The molecule has 126 valence electrons. The minimum absolute atomic E-state index is 0.0886. The molecule has 0 bridgehead atoms. The molecule has 0 spiro atoms. The zero-order valence-electron chi connectivity index (χ0n) is 12.4. The van der Waals surface area contributed by atoms with Crippen LogP contribution in [0.25, 0.3) is 0 Å². The van der Waals surface area contributed by atoms with E-state index in [1.165, 1.54) is 5.82 Å². The van der Waals surface area contributed by atoms with Gasteiger partial charge in [0, 0.05) is 6.42 Å². The predicted octanol–water partition coefficient (Wildman–Crippen LogP) is 4.19. The van der Waals surface area contributed by atoms with Crippen LogP contribution in [-0.2, 0) is 19.0 Å². The predicted molar refractivity (Wildman–Crippen MR) is 66.2 cm³/mol. The van der Waals surface area contributed by atoms with Crippen molar-refractivity contribution in [1.29, 1.82) is 0 Å². The van der Waals surface area contributed by atoms with Crippen molar-refractivity contribution in [3.8, 4) is 0 Å². The van der Waals surface area contributed by atoms with Crippen molar-refractivity contribution in [2.24, 2.45) is 12.5 Å². The average Bonchev–Trinajstić information content (AvgIpc) is 2.38. The fourth-order valence-electron chi connectivity index (χ4n) is 2.74. The van der Waals surface area contributed by atoms with Gasteiger partial charge in [-0.2, -0.15) is 0 Å². The quantitative estimate of drug-likeness (QED) is 0.403. The Morgan fingerprint density at radius 3 is 1.90 bits per heavy atom. The Hall–Kier alpha value is -0.920. The van der Waals surface area contributed by atoms with E-state index in [1.807, 2.05) is 11.7 Å². The summed E-state index contributed by atoms with van der Waals surface area (Å²) in [5.41, 5.74) is 0.435. The Morgan fingerprint density at radius 1 is 1.05 bits per heavy atom. The number of aryl methyl sites for hydroxylation is 1. The van der Waals surface area contributed by atoms with Crippen molar-refractivity contribution >= 4 is 7.81 Å². The summed E-state index contributed by atoms with van der Waals surface area (Å²) in [5, 5.41) is 8.29. The van der Waals surface area contributed by atoms with Gasteiger partial charge in [-0.1, -0.05) is 18.5 Å². The Labute approximate surface area is 118 Å². The van der Waals surface area contributed by atoms with Gasteiger partial charge >= 0.3 is 33.0 Å². The molecule has 1 aromatic rings. The summed E-state index contributed by atoms with van der Waals surface area (Å²) in [6.45, 7) is 9.08. The van der Waals surface area contributed by atoms with Crippen molar-refractivity contribution in [2.45, 2.75) is 46.1 Å². The number of aromatic nitrogens is 4. The molecule has 0 fully saturated rings. The van der Waals surface area contributed by atoms with Gasteiger partial charge in [-0.15, -0.1) is 4.68 Å². The first-order valence-electron chi connectivity index (χ1n) is 6.15. The second kappa shape index (κ2) is 4.08. The van der Waals surface area contributed by atoms with Crippen molar-refractivity contribution in [2.75, 3.05) is 0 Å². The van der Waals surface area contributed by atoms with Gasteiger partial charge in [-0.3, -0.25) is 0 Å². The van der Waals surface area contributed by atoms with E-state index < -0.39 is 7.81 Å². The van der Waals surface area contributed by atoms with Gasteiger partial charge in [-0.05, 0) is 25.7 Å². The maximum atomic E-state index is 9.87. The summed E-state index contributed by atoms with van der Waals surface area (Å²) in [7, 11) is -8.69. The van der Waals surface area contributed by atoms with Crippen molar-refractivity contribution < 1.29 is 29.9 Å². The van der Waals surface area contributed by atoms with E-state index >= 15 is 0 Å². The Morgan fingerprint density at radius 2 is 1.48 bits per heavy atom. The first-order chi connectivity index (χ1) is 8.77. The monoisotopic (exact) mass is 340 g/mol. The molecule has 2 heterocycles. The van der Waals surface area contributed by atoms with E-state index in [9.17, 15) is 25.2 Å². The molecule has 0 saturated heterocycles. The topological polar surface area (TPSA) is 34.6 Å². The first kappa shape index (κ1) is 18.1. The fraction of sp³-hybridized carbons (Fsp3) is 0.900. The van der Waals surface area contributed by atoms with E-state index in [0.29, 0.717) is 5.41 Å². The third-order valence-corrected chi connectivity index (χ3v) is 3.00. The van der Waals surface area contributed by atoms with E-state index in [4.69, 9.17) is 0 Å². The second-order valence-electron chi connectivity index (χ2n) is 6.72. The van der Waals surface area contributed by atoms with Crippen LogP contribution in [0.4, 0.5) is 25.2 Å². The molecule has 2 rings (SSSR count). The molecular weight excluding hydrogens is 321 g/mol. The zero-order chi connectivity index (χ0) is 17.0. The van der Waals surface area contributed by atoms with Gasteiger partial charge in [-0.25, -0.2) is 0 Å². The number of rotatable bonds is 0. The fourth-order valence-corrected chi connectivity index (χ4v) is 2.74. The molecule has 0 N–H and O–H groups in total. The molecule has 4 nitrogen and oxygen atoms in total. The van der Waals surface area contributed by atoms with E-state index in [-0.39, 0.29) is 5.54 Å². The normalized spacial score (nSPS) is 23.2. The van der Waals surface area contributed by atoms with Gasteiger partial charge in [0.1, 0.15) is 10.8 Å². The number of tetrazole rings is 1. The SMILES string of the molecule is C[n+]1nnn2c1CC(C)(C)CC2(C)C.F[P-](F)(F)(F)(F)F. The number of hydrogen-bond donors (Lipinski definition) is 0. The molecule has 0 amide bonds. The number of halogens is 6. The van der Waals surface area contributed by atoms with Crippen LogP contribution in [0.2, 0.25) is 0 Å². The van der Waals surface area contributed by atoms with E-state index in [1.54, 1.807) is 0 Å². The molecular formula is C10H19F6N4P. The molecule has 0 atom stereocenters. The summed E-state index contributed by atoms with van der Waals surface area (Å²) in [6, 6.07) is 0. The molecule has 21 heavy (non-hydrogen) atoms. The molecule has 0 unspecified atom stereocenters. The Kier molecular flexibility index (Phi) is 3.53. The molecule has 1 aliphatic rings. The molecule has 0 aromatic carbocycles. The van der Waals surface area contributed by atoms with Crippen LogP contribution in [0.5, 0.6) is 0 Å². The van der Waals surface area contributed by atoms with Gasteiger partial charge < -0.3 is 0 Å². The van der Waals surface area contributed by atoms with Gasteiger partial charge in [0.15, 0.2) is 5.21 Å². The van der Waals surface area contributed by atoms with Crippen molar-refractivity contribution in [1.82, 2.24) is 15.1 Å². The summed E-state index contributed by atoms with van der Waals surface area (Å²) in [4.78, 5) is 0. The van der Waals surface area contributed by atoms with Crippen molar-refractivity contribution in [3.05, 3.63) is 5.82 Å². The minimum atomic E-state index is -10.7. The summed E-state index contributed by atoms with van der Waals surface area (Å²) >= 11 is 0. The summed E-state index contributed by atoms with van der Waals surface area (Å²) in [5.74, 6) is 1.23. The first-order valence-corrected chi connectivity index (χ1v) is 8.17. The third kappa shape index (κ3) is 6.58. The molecule has 11 heteroatoms. The van der Waals surface area contributed by atoms with Crippen LogP contribution < -0.4 is 4.68 Å². The van der Waals surface area contributed by atoms with E-state index in [0.717, 1.165) is 12.8 Å². The standard InChI is InChI=1S/C10H19N4.F6P/c1-9(2)6-8-13(5)11-12-14(8)10(3,4)7-9;1-7(2,3,4,5)6/h6-7H2,1-5H3;/q+1;-1. The molecule has 0 radical (unpaired) electrons. The number of hydrogen-bond acceptors (Lipinski definition) is 2. The van der Waals surface area contributed by atoms with Gasteiger partial charge in [0.05, 0.1) is 7.05 Å². The van der Waals surface area contributed by atoms with Crippen LogP contribution in [0.15, 0.2) is 0 Å². The summed E-state index contributed by atoms with van der Waals surface area (Å²) in [6.07, 6.45) is 2.20. The zero-order valence-corrected chi connectivity index (χ0v) is 13.3. The number of fused-ring (bicyclic) bond motifs is 1. The van der Waals surface area contributed by atoms with Gasteiger partial charge in [0.2, 0.25) is 0 Å². The Balaban J connectivity index is 0.000000270. The average molecular weight is 340 g/mol. The van der Waals surface area contributed by atoms with Crippen molar-refractivity contribution in [3.63, 3.8) is 0 Å². The number of nitrogens with zero attached hydrogens (tertiary/aromatic N) is 4.